The van der Waals surface area contributed by atoms with Gasteiger partial charge in [-0.15, -0.1) is 0 Å². The van der Waals surface area contributed by atoms with Gasteiger partial charge in [0.25, 0.3) is 0 Å². The van der Waals surface area contributed by atoms with Gasteiger partial charge in [-0.05, 0) is 59.3 Å². The highest BCUT2D eigenvalue weighted by atomic mass is 32.1. The molecule has 4 heteroatoms. The van der Waals surface area contributed by atoms with E-state index in [1.54, 1.807) is 18.4 Å². The van der Waals surface area contributed by atoms with E-state index in [1.165, 1.54) is 31.5 Å². The van der Waals surface area contributed by atoms with Crippen molar-refractivity contribution in [1.29, 1.82) is 0 Å². The lowest BCUT2D eigenvalue weighted by Crippen LogP contribution is -2.43. The molecule has 3 atom stereocenters. The van der Waals surface area contributed by atoms with E-state index in [-0.39, 0.29) is 0 Å². The summed E-state index contributed by atoms with van der Waals surface area (Å²) in [4.78, 5) is 2.64. The molecule has 1 aliphatic heterocycles. The number of rotatable bonds is 8. The summed E-state index contributed by atoms with van der Waals surface area (Å²) in [6.07, 6.45) is 2.47. The number of benzene rings is 1. The molecule has 1 saturated heterocycles. The molecule has 3 rings (SSSR count). The van der Waals surface area contributed by atoms with Crippen LogP contribution in [0, 0.1) is 11.8 Å². The minimum atomic E-state index is 0.522. The highest BCUT2D eigenvalue weighted by Crippen LogP contribution is 2.35. The Hall–Kier alpha value is -1.52. The molecule has 2 heterocycles. The van der Waals surface area contributed by atoms with Crippen LogP contribution in [-0.4, -0.2) is 38.3 Å². The van der Waals surface area contributed by atoms with Gasteiger partial charge in [-0.1, -0.05) is 26.3 Å². The number of ether oxygens (including phenoxy) is 2. The largest absolute Gasteiger partial charge is 0.497 e. The molecule has 0 aliphatic carbocycles. The van der Waals surface area contributed by atoms with Gasteiger partial charge in [-0.2, -0.15) is 11.3 Å². The summed E-state index contributed by atoms with van der Waals surface area (Å²) in [5, 5.41) is 4.51. The van der Waals surface area contributed by atoms with Crippen LogP contribution < -0.4 is 9.47 Å². The summed E-state index contributed by atoms with van der Waals surface area (Å²) in [6.45, 7) is 8.90. The summed E-state index contributed by atoms with van der Waals surface area (Å²) in [6, 6.07) is 10.2. The molecule has 0 N–H and O–H groups in total. The topological polar surface area (TPSA) is 21.7 Å². The Labute approximate surface area is 161 Å². The Kier molecular flexibility index (Phi) is 6.98. The van der Waals surface area contributed by atoms with E-state index in [1.807, 2.05) is 24.3 Å². The molecule has 142 valence electrons. The fourth-order valence-electron chi connectivity index (χ4n) is 3.83. The predicted molar refractivity (Wildman–Crippen MR) is 110 cm³/mol. The quantitative estimate of drug-likeness (QED) is 0.628. The Balaban J connectivity index is 1.67. The first-order valence-electron chi connectivity index (χ1n) is 9.71. The van der Waals surface area contributed by atoms with Crippen LogP contribution in [0.3, 0.4) is 0 Å². The molecule has 26 heavy (non-hydrogen) atoms. The Morgan fingerprint density at radius 3 is 2.85 bits per heavy atom. The third-order valence-electron chi connectivity index (χ3n) is 5.56. The smallest absolute Gasteiger partial charge is 0.122 e. The zero-order valence-corrected chi connectivity index (χ0v) is 17.0. The average molecular weight is 374 g/mol. The van der Waals surface area contributed by atoms with Crippen LogP contribution in [0.25, 0.3) is 0 Å². The first-order chi connectivity index (χ1) is 12.7. The molecule has 0 spiro atoms. The van der Waals surface area contributed by atoms with Crippen molar-refractivity contribution >= 4 is 11.3 Å². The van der Waals surface area contributed by atoms with Gasteiger partial charge in [0, 0.05) is 25.1 Å². The van der Waals surface area contributed by atoms with E-state index in [4.69, 9.17) is 9.47 Å². The van der Waals surface area contributed by atoms with E-state index in [2.05, 4.69) is 35.6 Å². The molecule has 1 aliphatic rings. The molecule has 0 saturated carbocycles. The van der Waals surface area contributed by atoms with Crippen molar-refractivity contribution in [3.63, 3.8) is 0 Å². The van der Waals surface area contributed by atoms with Crippen LogP contribution in [0.5, 0.6) is 11.5 Å². The van der Waals surface area contributed by atoms with Crippen LogP contribution >= 0.6 is 11.3 Å². The maximum absolute atomic E-state index is 6.19. The van der Waals surface area contributed by atoms with Crippen LogP contribution in [0.4, 0.5) is 0 Å². The van der Waals surface area contributed by atoms with Gasteiger partial charge in [0.1, 0.15) is 11.5 Å². The molecule has 1 fully saturated rings. The van der Waals surface area contributed by atoms with Crippen molar-refractivity contribution in [3.05, 3.63) is 46.7 Å². The number of hydrogen-bond acceptors (Lipinski definition) is 4. The number of hydrogen-bond donors (Lipinski definition) is 0. The second kappa shape index (κ2) is 9.43. The summed E-state index contributed by atoms with van der Waals surface area (Å²) in [5.41, 5.74) is 1.48. The van der Waals surface area contributed by atoms with Gasteiger partial charge >= 0.3 is 0 Å². The van der Waals surface area contributed by atoms with Crippen molar-refractivity contribution in [2.75, 3.05) is 33.4 Å². The summed E-state index contributed by atoms with van der Waals surface area (Å²) < 4.78 is 11.5. The first-order valence-corrected chi connectivity index (χ1v) is 10.6. The van der Waals surface area contributed by atoms with Crippen molar-refractivity contribution in [3.8, 4) is 11.5 Å². The number of likely N-dealkylation sites (tertiary alicyclic amines) is 1. The molecule has 1 aromatic carbocycles. The molecular formula is C22H31NO2S. The van der Waals surface area contributed by atoms with Crippen molar-refractivity contribution in [1.82, 2.24) is 4.90 Å². The Bertz CT molecular complexity index is 658. The molecule has 0 radical (unpaired) electrons. The molecular weight excluding hydrogens is 342 g/mol. The molecule has 3 nitrogen and oxygen atoms in total. The van der Waals surface area contributed by atoms with Crippen LogP contribution in [-0.2, 0) is 0 Å². The van der Waals surface area contributed by atoms with Crippen LogP contribution in [0.1, 0.15) is 38.2 Å². The lowest BCUT2D eigenvalue weighted by atomic mass is 9.81. The maximum atomic E-state index is 6.19. The lowest BCUT2D eigenvalue weighted by Gasteiger charge is -2.39. The van der Waals surface area contributed by atoms with E-state index < -0.39 is 0 Å². The SMILES string of the molecule is CCC(C)CN1CC[C@@H](c2ccsc2)[C@H](COc2cccc(OC)c2)C1. The summed E-state index contributed by atoms with van der Waals surface area (Å²) in [7, 11) is 1.69. The number of piperidine rings is 1. The average Bonchev–Trinajstić information content (AvgIpc) is 3.21. The van der Waals surface area contributed by atoms with E-state index in [0.29, 0.717) is 11.8 Å². The molecule has 1 aromatic heterocycles. The second-order valence-electron chi connectivity index (χ2n) is 7.47. The zero-order chi connectivity index (χ0) is 18.4. The van der Waals surface area contributed by atoms with Gasteiger partial charge in [0.05, 0.1) is 13.7 Å². The highest BCUT2D eigenvalue weighted by molar-refractivity contribution is 7.07. The van der Waals surface area contributed by atoms with Crippen molar-refractivity contribution < 1.29 is 9.47 Å². The van der Waals surface area contributed by atoms with Gasteiger partial charge in [0.2, 0.25) is 0 Å². The van der Waals surface area contributed by atoms with Gasteiger partial charge in [-0.3, -0.25) is 0 Å². The van der Waals surface area contributed by atoms with Crippen LogP contribution in [0.15, 0.2) is 41.1 Å². The Morgan fingerprint density at radius 1 is 1.27 bits per heavy atom. The molecule has 1 unspecified atom stereocenters. The lowest BCUT2D eigenvalue weighted by molar-refractivity contribution is 0.0999. The van der Waals surface area contributed by atoms with Gasteiger partial charge in [0.15, 0.2) is 0 Å². The second-order valence-corrected chi connectivity index (χ2v) is 8.25. The molecule has 2 aromatic rings. The van der Waals surface area contributed by atoms with Crippen molar-refractivity contribution in [2.45, 2.75) is 32.6 Å². The number of methoxy groups -OCH3 is 1. The minimum Gasteiger partial charge on any atom is -0.497 e. The first kappa shape index (κ1) is 19.2. The van der Waals surface area contributed by atoms with E-state index >= 15 is 0 Å². The monoisotopic (exact) mass is 373 g/mol. The van der Waals surface area contributed by atoms with E-state index in [9.17, 15) is 0 Å². The zero-order valence-electron chi connectivity index (χ0n) is 16.2. The maximum Gasteiger partial charge on any atom is 0.122 e. The molecule has 0 amide bonds. The standard InChI is InChI=1S/C22H31NO2S/c1-4-17(2)13-23-10-8-22(18-9-11-26-16-18)19(14-23)15-25-21-7-5-6-20(12-21)24-3/h5-7,9,11-12,16-17,19,22H,4,8,10,13-15H2,1-3H3/t17?,19-,22-/m0/s1. The van der Waals surface area contributed by atoms with Crippen molar-refractivity contribution in [2.24, 2.45) is 11.8 Å². The number of nitrogens with zero attached hydrogens (tertiary/aromatic N) is 1. The van der Waals surface area contributed by atoms with Gasteiger partial charge in [-0.25, -0.2) is 0 Å². The fraction of sp³-hybridized carbons (Fsp3) is 0.545. The number of thiophene rings is 1. The highest BCUT2D eigenvalue weighted by Gasteiger charge is 2.31. The summed E-state index contributed by atoms with van der Waals surface area (Å²) in [5.74, 6) is 3.62. The summed E-state index contributed by atoms with van der Waals surface area (Å²) >= 11 is 1.80. The Morgan fingerprint density at radius 2 is 2.12 bits per heavy atom. The third-order valence-corrected chi connectivity index (χ3v) is 6.26. The van der Waals surface area contributed by atoms with Crippen LogP contribution in [0.2, 0.25) is 0 Å². The fourth-order valence-corrected chi connectivity index (χ4v) is 4.56. The molecule has 0 bridgehead atoms. The minimum absolute atomic E-state index is 0.522. The van der Waals surface area contributed by atoms with Gasteiger partial charge < -0.3 is 14.4 Å². The van der Waals surface area contributed by atoms with E-state index in [0.717, 1.165) is 30.6 Å². The predicted octanol–water partition coefficient (Wildman–Crippen LogP) is 5.29. The normalized spacial score (nSPS) is 22.1. The third kappa shape index (κ3) is 5.01.